The minimum atomic E-state index is -0.876. The van der Waals surface area contributed by atoms with Crippen molar-refractivity contribution in [1.29, 1.82) is 0 Å². The molecule has 0 saturated heterocycles. The second kappa shape index (κ2) is 8.06. The number of anilines is 1. The number of hydrogen-bond donors (Lipinski definition) is 0. The highest BCUT2D eigenvalue weighted by atomic mass is 79.9. The summed E-state index contributed by atoms with van der Waals surface area (Å²) in [5.74, 6) is -1.95. The fourth-order valence-electron chi connectivity index (χ4n) is 2.25. The minimum absolute atomic E-state index is 0.110. The third-order valence-corrected chi connectivity index (χ3v) is 3.79. The molecule has 0 radical (unpaired) electrons. The Morgan fingerprint density at radius 3 is 2.46 bits per heavy atom. The summed E-state index contributed by atoms with van der Waals surface area (Å²) in [6.07, 6.45) is 0. The van der Waals surface area contributed by atoms with E-state index in [0.717, 1.165) is 6.07 Å². The molecular formula is C18H17BrFNO3. The molecule has 0 aliphatic carbocycles. The normalized spacial score (nSPS) is 10.5. The van der Waals surface area contributed by atoms with Crippen molar-refractivity contribution < 1.29 is 18.7 Å². The molecule has 0 bridgehead atoms. The molecule has 0 atom stereocenters. The lowest BCUT2D eigenvalue weighted by Gasteiger charge is -2.26. The number of hydrogen-bond acceptors (Lipinski definition) is 3. The molecule has 2 aromatic rings. The molecule has 1 amide bonds. The smallest absolute Gasteiger partial charge is 0.341 e. The molecule has 24 heavy (non-hydrogen) atoms. The number of ether oxygens (including phenoxy) is 1. The Bertz CT molecular complexity index is 734. The summed E-state index contributed by atoms with van der Waals surface area (Å²) in [4.78, 5) is 25.9. The van der Waals surface area contributed by atoms with Gasteiger partial charge in [0.2, 0.25) is 0 Å². The van der Waals surface area contributed by atoms with E-state index < -0.39 is 18.4 Å². The number of amides is 1. The summed E-state index contributed by atoms with van der Waals surface area (Å²) in [5, 5.41) is 0. The van der Waals surface area contributed by atoms with Crippen LogP contribution >= 0.6 is 15.9 Å². The predicted molar refractivity (Wildman–Crippen MR) is 93.4 cm³/mol. The van der Waals surface area contributed by atoms with Gasteiger partial charge in [-0.1, -0.05) is 34.1 Å². The molecule has 2 rings (SSSR count). The summed E-state index contributed by atoms with van der Waals surface area (Å²) in [6, 6.07) is 12.9. The lowest BCUT2D eigenvalue weighted by atomic mass is 10.2. The first kappa shape index (κ1) is 18.1. The first-order valence-electron chi connectivity index (χ1n) is 7.39. The second-order valence-corrected chi connectivity index (χ2v) is 6.31. The van der Waals surface area contributed by atoms with Crippen LogP contribution in [0, 0.1) is 5.82 Å². The van der Waals surface area contributed by atoms with Gasteiger partial charge < -0.3 is 9.64 Å². The number of halogens is 2. The summed E-state index contributed by atoms with van der Waals surface area (Å²) < 4.78 is 19.2. The van der Waals surface area contributed by atoms with Gasteiger partial charge >= 0.3 is 5.97 Å². The minimum Gasteiger partial charge on any atom is -0.452 e. The molecule has 0 N–H and O–H groups in total. The van der Waals surface area contributed by atoms with Crippen LogP contribution in [0.25, 0.3) is 0 Å². The Labute approximate surface area is 148 Å². The van der Waals surface area contributed by atoms with Gasteiger partial charge in [0.25, 0.3) is 5.91 Å². The average molecular weight is 394 g/mol. The van der Waals surface area contributed by atoms with Gasteiger partial charge in [-0.25, -0.2) is 9.18 Å². The van der Waals surface area contributed by atoms with E-state index in [1.807, 2.05) is 32.0 Å². The Hall–Kier alpha value is -2.21. The van der Waals surface area contributed by atoms with Crippen molar-refractivity contribution in [2.24, 2.45) is 0 Å². The third kappa shape index (κ3) is 4.41. The van der Waals surface area contributed by atoms with E-state index in [2.05, 4.69) is 15.9 Å². The number of nitrogens with zero attached hydrogens (tertiary/aromatic N) is 1. The molecule has 0 heterocycles. The second-order valence-electron chi connectivity index (χ2n) is 5.39. The van der Waals surface area contributed by atoms with Crippen molar-refractivity contribution in [3.05, 3.63) is 64.4 Å². The van der Waals surface area contributed by atoms with Gasteiger partial charge in [0.15, 0.2) is 6.61 Å². The lowest BCUT2D eigenvalue weighted by Crippen LogP contribution is -2.39. The lowest BCUT2D eigenvalue weighted by molar-refractivity contribution is -0.122. The predicted octanol–water partition coefficient (Wildman–Crippen LogP) is 4.19. The summed E-state index contributed by atoms with van der Waals surface area (Å²) >= 11 is 3.17. The van der Waals surface area contributed by atoms with Crippen LogP contribution in [0.3, 0.4) is 0 Å². The maximum atomic E-state index is 13.7. The highest BCUT2D eigenvalue weighted by molar-refractivity contribution is 9.10. The maximum Gasteiger partial charge on any atom is 0.341 e. The Morgan fingerprint density at radius 2 is 1.83 bits per heavy atom. The van der Waals surface area contributed by atoms with Crippen molar-refractivity contribution >= 4 is 33.5 Å². The topological polar surface area (TPSA) is 46.6 Å². The quantitative estimate of drug-likeness (QED) is 0.715. The summed E-state index contributed by atoms with van der Waals surface area (Å²) in [6.45, 7) is 3.26. The number of rotatable bonds is 5. The molecule has 0 spiro atoms. The Balaban J connectivity index is 2.08. The van der Waals surface area contributed by atoms with Crippen molar-refractivity contribution in [2.75, 3.05) is 11.5 Å². The van der Waals surface area contributed by atoms with Gasteiger partial charge in [0.1, 0.15) is 5.82 Å². The summed E-state index contributed by atoms with van der Waals surface area (Å²) in [5.41, 5.74) is 0.496. The molecule has 126 valence electrons. The van der Waals surface area contributed by atoms with E-state index in [0.29, 0.717) is 10.2 Å². The Kier molecular flexibility index (Phi) is 6.09. The van der Waals surface area contributed by atoms with Gasteiger partial charge in [-0.05, 0) is 44.2 Å². The van der Waals surface area contributed by atoms with E-state index in [1.165, 1.54) is 17.0 Å². The molecule has 0 saturated carbocycles. The number of esters is 1. The van der Waals surface area contributed by atoms with Gasteiger partial charge in [-0.2, -0.15) is 0 Å². The average Bonchev–Trinajstić information content (AvgIpc) is 2.55. The molecule has 4 nitrogen and oxygen atoms in total. The monoisotopic (exact) mass is 393 g/mol. The number of carbonyl (C=O) groups is 2. The van der Waals surface area contributed by atoms with Crippen LogP contribution in [-0.2, 0) is 9.53 Å². The first-order valence-corrected chi connectivity index (χ1v) is 8.18. The standard InChI is InChI=1S/C18H17BrFNO3/c1-12(2)21(14-6-4-3-5-7-14)17(22)11-24-18(23)15-10-13(19)8-9-16(15)20/h3-10,12H,11H2,1-2H3. The maximum absolute atomic E-state index is 13.7. The first-order chi connectivity index (χ1) is 11.4. The van der Waals surface area contributed by atoms with Crippen LogP contribution in [0.4, 0.5) is 10.1 Å². The van der Waals surface area contributed by atoms with Crippen molar-refractivity contribution in [3.63, 3.8) is 0 Å². The molecule has 0 unspecified atom stereocenters. The highest BCUT2D eigenvalue weighted by Crippen LogP contribution is 2.18. The van der Waals surface area contributed by atoms with Crippen molar-refractivity contribution in [1.82, 2.24) is 0 Å². The highest BCUT2D eigenvalue weighted by Gasteiger charge is 2.21. The number of benzene rings is 2. The van der Waals surface area contributed by atoms with Crippen LogP contribution in [0.2, 0.25) is 0 Å². The number of carbonyl (C=O) groups excluding carboxylic acids is 2. The fraction of sp³-hybridized carbons (Fsp3) is 0.222. The zero-order valence-corrected chi connectivity index (χ0v) is 14.9. The molecule has 0 aliphatic heterocycles. The third-order valence-electron chi connectivity index (χ3n) is 3.29. The summed E-state index contributed by atoms with van der Waals surface area (Å²) in [7, 11) is 0. The van der Waals surface area contributed by atoms with Gasteiger partial charge in [-0.15, -0.1) is 0 Å². The Morgan fingerprint density at radius 1 is 1.17 bits per heavy atom. The van der Waals surface area contributed by atoms with Crippen LogP contribution in [0.5, 0.6) is 0 Å². The zero-order valence-electron chi connectivity index (χ0n) is 13.3. The molecule has 6 heteroatoms. The zero-order chi connectivity index (χ0) is 17.7. The van der Waals surface area contributed by atoms with E-state index in [9.17, 15) is 14.0 Å². The fourth-order valence-corrected chi connectivity index (χ4v) is 2.61. The van der Waals surface area contributed by atoms with Crippen LogP contribution in [-0.4, -0.2) is 24.5 Å². The molecule has 2 aromatic carbocycles. The molecule has 0 fully saturated rings. The van der Waals surface area contributed by atoms with Gasteiger partial charge in [0, 0.05) is 16.2 Å². The van der Waals surface area contributed by atoms with E-state index in [-0.39, 0.29) is 17.5 Å². The van der Waals surface area contributed by atoms with Crippen LogP contribution in [0.15, 0.2) is 53.0 Å². The van der Waals surface area contributed by atoms with E-state index in [1.54, 1.807) is 12.1 Å². The SMILES string of the molecule is CC(C)N(C(=O)COC(=O)c1cc(Br)ccc1F)c1ccccc1. The van der Waals surface area contributed by atoms with Crippen LogP contribution < -0.4 is 4.90 Å². The van der Waals surface area contributed by atoms with E-state index in [4.69, 9.17) is 4.74 Å². The molecule has 0 aromatic heterocycles. The molecule has 0 aliphatic rings. The van der Waals surface area contributed by atoms with E-state index >= 15 is 0 Å². The van der Waals surface area contributed by atoms with Crippen LogP contribution in [0.1, 0.15) is 24.2 Å². The van der Waals surface area contributed by atoms with Crippen molar-refractivity contribution in [3.8, 4) is 0 Å². The largest absolute Gasteiger partial charge is 0.452 e. The van der Waals surface area contributed by atoms with Gasteiger partial charge in [0.05, 0.1) is 5.56 Å². The van der Waals surface area contributed by atoms with Gasteiger partial charge in [-0.3, -0.25) is 4.79 Å². The van der Waals surface area contributed by atoms with Crippen molar-refractivity contribution in [2.45, 2.75) is 19.9 Å². The molecular weight excluding hydrogens is 377 g/mol. The number of para-hydroxylation sites is 1.